The number of thioether (sulfide) groups is 1. The third-order valence-electron chi connectivity index (χ3n) is 3.52. The Bertz CT molecular complexity index is 827. The van der Waals surface area contributed by atoms with E-state index in [4.69, 9.17) is 11.6 Å². The van der Waals surface area contributed by atoms with E-state index in [0.29, 0.717) is 22.3 Å². The number of benzene rings is 1. The van der Waals surface area contributed by atoms with Crippen LogP contribution in [0, 0.1) is 11.7 Å². The van der Waals surface area contributed by atoms with Crippen LogP contribution in [0.1, 0.15) is 37.7 Å². The molecular formula is C15H18ClFN5S2+. The first kappa shape index (κ1) is 17.6. The third kappa shape index (κ3) is 3.72. The zero-order chi connectivity index (χ0) is 17.3. The highest BCUT2D eigenvalue weighted by Gasteiger charge is 2.21. The van der Waals surface area contributed by atoms with Crippen molar-refractivity contribution >= 4 is 39.7 Å². The van der Waals surface area contributed by atoms with Crippen LogP contribution >= 0.6 is 34.7 Å². The number of hydrogen-bond donors (Lipinski definition) is 1. The lowest BCUT2D eigenvalue weighted by Crippen LogP contribution is -2.54. The number of aromatic nitrogens is 4. The molecule has 0 amide bonds. The standard InChI is InChI=1S/C15H17ClFN5S2/c1-8(2)6-12(18)13-19-20-14-22(13)21-15(24-14)23-7-9-10(16)4-3-5-11(9)17/h3-5,8,12H,6-7,18H2,1-2H3/p+1/t12-/m0/s1. The van der Waals surface area contributed by atoms with Crippen molar-refractivity contribution in [2.45, 2.75) is 36.4 Å². The minimum Gasteiger partial charge on any atom is -0.349 e. The van der Waals surface area contributed by atoms with Gasteiger partial charge in [0.1, 0.15) is 11.9 Å². The Kier molecular flexibility index (Phi) is 5.39. The van der Waals surface area contributed by atoms with Gasteiger partial charge >= 0.3 is 0 Å². The fourth-order valence-corrected chi connectivity index (χ4v) is 4.63. The fourth-order valence-electron chi connectivity index (χ4n) is 2.41. The number of hydrogen-bond acceptors (Lipinski definition) is 5. The molecule has 24 heavy (non-hydrogen) atoms. The molecule has 0 aliphatic heterocycles. The summed E-state index contributed by atoms with van der Waals surface area (Å²) >= 11 is 8.94. The van der Waals surface area contributed by atoms with Crippen molar-refractivity contribution in [3.63, 3.8) is 0 Å². The van der Waals surface area contributed by atoms with E-state index in [9.17, 15) is 4.39 Å². The molecule has 0 saturated carbocycles. The van der Waals surface area contributed by atoms with Crippen LogP contribution in [0.3, 0.4) is 0 Å². The van der Waals surface area contributed by atoms with Crippen LogP contribution in [0.4, 0.5) is 4.39 Å². The Morgan fingerprint density at radius 1 is 1.38 bits per heavy atom. The van der Waals surface area contributed by atoms with Gasteiger partial charge in [-0.05, 0) is 18.1 Å². The normalized spacial score (nSPS) is 13.1. The second-order valence-corrected chi connectivity index (χ2v) is 8.52. The molecular weight excluding hydrogens is 369 g/mol. The smallest absolute Gasteiger partial charge is 0.235 e. The maximum absolute atomic E-state index is 13.8. The predicted octanol–water partition coefficient (Wildman–Crippen LogP) is 3.60. The molecule has 0 fully saturated rings. The molecule has 128 valence electrons. The molecule has 3 rings (SSSR count). The molecule has 1 atom stereocenters. The molecule has 0 aliphatic rings. The van der Waals surface area contributed by atoms with Gasteiger partial charge < -0.3 is 5.73 Å². The van der Waals surface area contributed by atoms with Crippen LogP contribution < -0.4 is 5.73 Å². The molecule has 2 aromatic heterocycles. The second-order valence-electron chi connectivity index (χ2n) is 5.94. The first-order valence-corrected chi connectivity index (χ1v) is 9.74. The molecule has 0 unspecified atom stereocenters. The Morgan fingerprint density at radius 3 is 2.88 bits per heavy atom. The molecule has 3 aromatic rings. The molecule has 3 N–H and O–H groups in total. The minimum absolute atomic E-state index is 0.0426. The van der Waals surface area contributed by atoms with E-state index < -0.39 is 0 Å². The Balaban J connectivity index is 1.78. The molecule has 0 saturated heterocycles. The van der Waals surface area contributed by atoms with E-state index in [-0.39, 0.29) is 11.9 Å². The van der Waals surface area contributed by atoms with E-state index in [1.165, 1.54) is 29.2 Å². The topological polar surface area (TPSA) is 70.7 Å². The van der Waals surface area contributed by atoms with Gasteiger partial charge in [-0.2, -0.15) is 4.52 Å². The third-order valence-corrected chi connectivity index (χ3v) is 5.93. The SMILES string of the molecule is CC(C)C[C@H]([NH3+])c1nnc2sc(SCc3c(F)cccc3Cl)nn12. The summed E-state index contributed by atoms with van der Waals surface area (Å²) in [5.74, 6) is 1.42. The van der Waals surface area contributed by atoms with Crippen LogP contribution in [0.2, 0.25) is 5.02 Å². The van der Waals surface area contributed by atoms with Gasteiger partial charge in [0.05, 0.1) is 0 Å². The molecule has 9 heteroatoms. The minimum atomic E-state index is -0.298. The summed E-state index contributed by atoms with van der Waals surface area (Å²) in [5.41, 5.74) is 4.66. The van der Waals surface area contributed by atoms with Gasteiger partial charge in [0.15, 0.2) is 4.34 Å². The molecule has 1 aromatic carbocycles. The summed E-state index contributed by atoms with van der Waals surface area (Å²) in [6, 6.07) is 4.75. The summed E-state index contributed by atoms with van der Waals surface area (Å²) in [7, 11) is 0. The van der Waals surface area contributed by atoms with Crippen LogP contribution in [-0.2, 0) is 5.75 Å². The Hall–Kier alpha value is -1.22. The largest absolute Gasteiger partial charge is 0.349 e. The predicted molar refractivity (Wildman–Crippen MR) is 94.7 cm³/mol. The lowest BCUT2D eigenvalue weighted by Gasteiger charge is -2.07. The van der Waals surface area contributed by atoms with Crippen molar-refractivity contribution in [2.24, 2.45) is 5.92 Å². The van der Waals surface area contributed by atoms with Crippen LogP contribution in [0.5, 0.6) is 0 Å². The van der Waals surface area contributed by atoms with E-state index in [0.717, 1.165) is 21.5 Å². The molecule has 0 bridgehead atoms. The number of nitrogens with zero attached hydrogens (tertiary/aromatic N) is 4. The van der Waals surface area contributed by atoms with Gasteiger partial charge in [-0.3, -0.25) is 0 Å². The fraction of sp³-hybridized carbons (Fsp3) is 0.400. The Morgan fingerprint density at radius 2 is 2.17 bits per heavy atom. The van der Waals surface area contributed by atoms with Gasteiger partial charge in [-0.25, -0.2) is 4.39 Å². The van der Waals surface area contributed by atoms with E-state index >= 15 is 0 Å². The number of quaternary nitrogens is 1. The molecule has 0 spiro atoms. The lowest BCUT2D eigenvalue weighted by atomic mass is 10.0. The number of fused-ring (bicyclic) bond motifs is 1. The van der Waals surface area contributed by atoms with Gasteiger partial charge in [-0.1, -0.05) is 54.6 Å². The quantitative estimate of drug-likeness (QED) is 0.657. The highest BCUT2D eigenvalue weighted by molar-refractivity contribution is 8.00. The first-order chi connectivity index (χ1) is 11.5. The molecule has 2 heterocycles. The lowest BCUT2D eigenvalue weighted by molar-refractivity contribution is -0.432. The summed E-state index contributed by atoms with van der Waals surface area (Å²) in [4.78, 5) is 0.726. The first-order valence-electron chi connectivity index (χ1n) is 7.56. The molecule has 5 nitrogen and oxygen atoms in total. The maximum atomic E-state index is 13.8. The Labute approximate surface area is 152 Å². The number of halogens is 2. The summed E-state index contributed by atoms with van der Waals surface area (Å²) in [6.07, 6.45) is 0.922. The summed E-state index contributed by atoms with van der Waals surface area (Å²) in [5, 5.41) is 13.4. The summed E-state index contributed by atoms with van der Waals surface area (Å²) < 4.78 is 16.4. The molecule has 0 aliphatic carbocycles. The van der Waals surface area contributed by atoms with Crippen LogP contribution in [0.15, 0.2) is 22.5 Å². The van der Waals surface area contributed by atoms with E-state index in [1.807, 2.05) is 0 Å². The van der Waals surface area contributed by atoms with Crippen LogP contribution in [-0.4, -0.2) is 19.8 Å². The van der Waals surface area contributed by atoms with Gasteiger partial charge in [0.25, 0.3) is 0 Å². The van der Waals surface area contributed by atoms with Gasteiger partial charge in [0.2, 0.25) is 10.8 Å². The van der Waals surface area contributed by atoms with Crippen molar-refractivity contribution < 1.29 is 10.1 Å². The highest BCUT2D eigenvalue weighted by Crippen LogP contribution is 2.31. The monoisotopic (exact) mass is 386 g/mol. The average molecular weight is 387 g/mol. The van der Waals surface area contributed by atoms with E-state index in [2.05, 4.69) is 34.9 Å². The van der Waals surface area contributed by atoms with E-state index in [1.54, 1.807) is 16.6 Å². The van der Waals surface area contributed by atoms with Gasteiger partial charge in [0, 0.05) is 22.8 Å². The van der Waals surface area contributed by atoms with Crippen molar-refractivity contribution in [3.8, 4) is 0 Å². The van der Waals surface area contributed by atoms with Crippen molar-refractivity contribution in [1.29, 1.82) is 0 Å². The van der Waals surface area contributed by atoms with Crippen molar-refractivity contribution in [1.82, 2.24) is 19.8 Å². The average Bonchev–Trinajstić information content (AvgIpc) is 3.05. The zero-order valence-electron chi connectivity index (χ0n) is 13.4. The maximum Gasteiger partial charge on any atom is 0.235 e. The number of rotatable bonds is 6. The highest BCUT2D eigenvalue weighted by atomic mass is 35.5. The molecule has 0 radical (unpaired) electrons. The van der Waals surface area contributed by atoms with Crippen molar-refractivity contribution in [2.75, 3.05) is 0 Å². The summed E-state index contributed by atoms with van der Waals surface area (Å²) in [6.45, 7) is 4.30. The van der Waals surface area contributed by atoms with Gasteiger partial charge in [-0.15, -0.1) is 15.3 Å². The second kappa shape index (κ2) is 7.35. The van der Waals surface area contributed by atoms with Crippen molar-refractivity contribution in [3.05, 3.63) is 40.4 Å². The zero-order valence-corrected chi connectivity index (χ0v) is 15.8. The van der Waals surface area contributed by atoms with Crippen LogP contribution in [0.25, 0.3) is 4.96 Å².